The zero-order valence-corrected chi connectivity index (χ0v) is 13.3. The molecule has 0 aliphatic heterocycles. The van der Waals surface area contributed by atoms with Crippen LogP contribution in [0, 0.1) is 5.92 Å². The maximum absolute atomic E-state index is 5.71. The van der Waals surface area contributed by atoms with Crippen LogP contribution in [-0.2, 0) is 0 Å². The lowest BCUT2D eigenvalue weighted by atomic mass is 10.1. The largest absolute Gasteiger partial charge is 0.493 e. The van der Waals surface area contributed by atoms with Gasteiger partial charge in [-0.05, 0) is 37.5 Å². The quantitative estimate of drug-likeness (QED) is 0.813. The molecule has 0 saturated carbocycles. The molecule has 2 unspecified atom stereocenters. The second-order valence-electron chi connectivity index (χ2n) is 5.86. The van der Waals surface area contributed by atoms with Gasteiger partial charge in [-0.1, -0.05) is 26.0 Å². The van der Waals surface area contributed by atoms with E-state index in [1.165, 1.54) is 5.56 Å². The molecule has 114 valence electrons. The topological polar surface area (TPSA) is 49.9 Å². The fourth-order valence-corrected chi connectivity index (χ4v) is 2.18. The zero-order chi connectivity index (χ0) is 15.2. The zero-order valence-electron chi connectivity index (χ0n) is 13.3. The molecule has 0 spiro atoms. The van der Waals surface area contributed by atoms with Crippen LogP contribution in [0.1, 0.15) is 51.2 Å². The van der Waals surface area contributed by atoms with Gasteiger partial charge < -0.3 is 15.0 Å². The Labute approximate surface area is 127 Å². The number of imidazole rings is 1. The third-order valence-corrected chi connectivity index (χ3v) is 3.39. The summed E-state index contributed by atoms with van der Waals surface area (Å²) < 4.78 is 5.71. The Morgan fingerprint density at radius 1 is 1.10 bits per heavy atom. The highest BCUT2D eigenvalue weighted by Crippen LogP contribution is 2.20. The number of hydrogen-bond donors (Lipinski definition) is 2. The molecule has 1 aromatic heterocycles. The number of rotatable bonds is 7. The number of nitrogens with one attached hydrogen (secondary N) is 2. The van der Waals surface area contributed by atoms with Gasteiger partial charge in [-0.2, -0.15) is 0 Å². The molecule has 0 bridgehead atoms. The lowest BCUT2D eigenvalue weighted by Gasteiger charge is -2.19. The van der Waals surface area contributed by atoms with Crippen LogP contribution >= 0.6 is 0 Å². The lowest BCUT2D eigenvalue weighted by molar-refractivity contribution is 0.271. The average Bonchev–Trinajstić information content (AvgIpc) is 3.00. The SMILES string of the molecule is CC(C)COc1ccc(C(C)NC(C)c2ncc[nH]2)cc1. The molecule has 2 rings (SSSR count). The monoisotopic (exact) mass is 287 g/mol. The maximum atomic E-state index is 5.71. The summed E-state index contributed by atoms with van der Waals surface area (Å²) >= 11 is 0. The molecule has 21 heavy (non-hydrogen) atoms. The number of nitrogens with zero attached hydrogens (tertiary/aromatic N) is 1. The predicted octanol–water partition coefficient (Wildman–Crippen LogP) is 3.86. The van der Waals surface area contributed by atoms with Crippen LogP contribution < -0.4 is 10.1 Å². The van der Waals surface area contributed by atoms with Crippen molar-refractivity contribution in [1.82, 2.24) is 15.3 Å². The van der Waals surface area contributed by atoms with Gasteiger partial charge in [0.2, 0.25) is 0 Å². The summed E-state index contributed by atoms with van der Waals surface area (Å²) in [5.41, 5.74) is 1.24. The Hall–Kier alpha value is -1.81. The average molecular weight is 287 g/mol. The third kappa shape index (κ3) is 4.60. The molecular formula is C17H25N3O. The molecule has 2 N–H and O–H groups in total. The molecule has 1 heterocycles. The molecule has 2 atom stereocenters. The number of aromatic amines is 1. The molecular weight excluding hydrogens is 262 g/mol. The summed E-state index contributed by atoms with van der Waals surface area (Å²) in [6.45, 7) is 9.31. The smallest absolute Gasteiger partial charge is 0.122 e. The van der Waals surface area contributed by atoms with Crippen LogP contribution in [0.3, 0.4) is 0 Å². The van der Waals surface area contributed by atoms with Crippen molar-refractivity contribution in [2.75, 3.05) is 6.61 Å². The molecule has 2 aromatic rings. The van der Waals surface area contributed by atoms with E-state index in [4.69, 9.17) is 4.74 Å². The first-order chi connectivity index (χ1) is 10.1. The van der Waals surface area contributed by atoms with E-state index < -0.39 is 0 Å². The van der Waals surface area contributed by atoms with Gasteiger partial charge >= 0.3 is 0 Å². The summed E-state index contributed by atoms with van der Waals surface area (Å²) in [6, 6.07) is 8.74. The van der Waals surface area contributed by atoms with Crippen molar-refractivity contribution in [1.29, 1.82) is 0 Å². The number of H-pyrrole nitrogens is 1. The number of aromatic nitrogens is 2. The minimum absolute atomic E-state index is 0.187. The van der Waals surface area contributed by atoms with Gasteiger partial charge in [0.1, 0.15) is 11.6 Å². The number of hydrogen-bond acceptors (Lipinski definition) is 3. The van der Waals surface area contributed by atoms with Crippen LogP contribution in [0.15, 0.2) is 36.7 Å². The number of benzene rings is 1. The fourth-order valence-electron chi connectivity index (χ4n) is 2.18. The molecule has 0 saturated heterocycles. The minimum Gasteiger partial charge on any atom is -0.493 e. The van der Waals surface area contributed by atoms with Crippen LogP contribution in [0.5, 0.6) is 5.75 Å². The van der Waals surface area contributed by atoms with Crippen LogP contribution in [0.4, 0.5) is 0 Å². The summed E-state index contributed by atoms with van der Waals surface area (Å²) in [6.07, 6.45) is 3.62. The second kappa shape index (κ2) is 7.27. The summed E-state index contributed by atoms with van der Waals surface area (Å²) in [5.74, 6) is 2.43. The van der Waals surface area contributed by atoms with Gasteiger partial charge in [-0.3, -0.25) is 0 Å². The van der Waals surface area contributed by atoms with E-state index in [9.17, 15) is 0 Å². The van der Waals surface area contributed by atoms with E-state index in [2.05, 4.69) is 55.1 Å². The van der Waals surface area contributed by atoms with E-state index in [0.29, 0.717) is 5.92 Å². The van der Waals surface area contributed by atoms with Crippen molar-refractivity contribution in [2.24, 2.45) is 5.92 Å². The first kappa shape index (κ1) is 15.6. The summed E-state index contributed by atoms with van der Waals surface area (Å²) in [5, 5.41) is 3.53. The first-order valence-corrected chi connectivity index (χ1v) is 7.54. The fraction of sp³-hybridized carbons (Fsp3) is 0.471. The minimum atomic E-state index is 0.187. The van der Waals surface area contributed by atoms with Crippen molar-refractivity contribution in [2.45, 2.75) is 39.8 Å². The van der Waals surface area contributed by atoms with Crippen LogP contribution in [0.2, 0.25) is 0 Å². The first-order valence-electron chi connectivity index (χ1n) is 7.54. The third-order valence-electron chi connectivity index (χ3n) is 3.39. The van der Waals surface area contributed by atoms with E-state index >= 15 is 0 Å². The van der Waals surface area contributed by atoms with E-state index in [1.807, 2.05) is 18.3 Å². The van der Waals surface area contributed by atoms with E-state index in [-0.39, 0.29) is 12.1 Å². The van der Waals surface area contributed by atoms with Crippen LogP contribution in [0.25, 0.3) is 0 Å². The van der Waals surface area contributed by atoms with Gasteiger partial charge in [0.25, 0.3) is 0 Å². The summed E-state index contributed by atoms with van der Waals surface area (Å²) in [7, 11) is 0. The van der Waals surface area contributed by atoms with Gasteiger partial charge in [0.05, 0.1) is 12.6 Å². The lowest BCUT2D eigenvalue weighted by Crippen LogP contribution is -2.23. The van der Waals surface area contributed by atoms with Crippen molar-refractivity contribution < 1.29 is 4.74 Å². The van der Waals surface area contributed by atoms with E-state index in [0.717, 1.165) is 18.2 Å². The van der Waals surface area contributed by atoms with Gasteiger partial charge in [0, 0.05) is 18.4 Å². The van der Waals surface area contributed by atoms with Crippen molar-refractivity contribution in [3.05, 3.63) is 48.0 Å². The molecule has 0 radical (unpaired) electrons. The highest BCUT2D eigenvalue weighted by molar-refractivity contribution is 5.29. The van der Waals surface area contributed by atoms with Crippen molar-refractivity contribution in [3.8, 4) is 5.75 Å². The molecule has 1 aromatic carbocycles. The van der Waals surface area contributed by atoms with Gasteiger partial charge in [0.15, 0.2) is 0 Å². The van der Waals surface area contributed by atoms with Crippen molar-refractivity contribution >= 4 is 0 Å². The highest BCUT2D eigenvalue weighted by atomic mass is 16.5. The number of ether oxygens (including phenoxy) is 1. The summed E-state index contributed by atoms with van der Waals surface area (Å²) in [4.78, 5) is 7.42. The predicted molar refractivity (Wildman–Crippen MR) is 85.3 cm³/mol. The normalized spacial score (nSPS) is 14.1. The maximum Gasteiger partial charge on any atom is 0.122 e. The van der Waals surface area contributed by atoms with Crippen LogP contribution in [-0.4, -0.2) is 16.6 Å². The Morgan fingerprint density at radius 2 is 1.81 bits per heavy atom. The Balaban J connectivity index is 1.91. The van der Waals surface area contributed by atoms with Gasteiger partial charge in [-0.15, -0.1) is 0 Å². The molecule has 4 nitrogen and oxygen atoms in total. The van der Waals surface area contributed by atoms with Crippen molar-refractivity contribution in [3.63, 3.8) is 0 Å². The van der Waals surface area contributed by atoms with E-state index in [1.54, 1.807) is 6.20 Å². The molecule has 0 aliphatic rings. The second-order valence-corrected chi connectivity index (χ2v) is 5.86. The Bertz CT molecular complexity index is 519. The Morgan fingerprint density at radius 3 is 2.38 bits per heavy atom. The standard InChI is InChI=1S/C17H25N3O/c1-12(2)11-21-16-7-5-15(6-8-16)13(3)20-14(4)17-18-9-10-19-17/h5-10,12-14,20H,11H2,1-4H3,(H,18,19). The molecule has 0 amide bonds. The molecule has 0 aliphatic carbocycles. The molecule has 0 fully saturated rings. The van der Waals surface area contributed by atoms with Gasteiger partial charge in [-0.25, -0.2) is 4.98 Å². The Kier molecular flexibility index (Phi) is 5.39. The molecule has 4 heteroatoms. The highest BCUT2D eigenvalue weighted by Gasteiger charge is 2.12.